The van der Waals surface area contributed by atoms with Crippen molar-refractivity contribution >= 4 is 27.1 Å². The van der Waals surface area contributed by atoms with E-state index in [-0.39, 0.29) is 23.5 Å². The molecule has 0 aliphatic heterocycles. The molecule has 0 fully saturated rings. The number of para-hydroxylation sites is 4. The van der Waals surface area contributed by atoms with E-state index >= 15 is 0 Å². The van der Waals surface area contributed by atoms with Gasteiger partial charge in [-0.3, -0.25) is 0 Å². The number of benzene rings is 6. The van der Waals surface area contributed by atoms with Crippen LogP contribution in [0.15, 0.2) is 182 Å². The summed E-state index contributed by atoms with van der Waals surface area (Å²) in [5.41, 5.74) is 3.02. The predicted molar refractivity (Wildman–Crippen MR) is 256 cm³/mol. The molecule has 0 atom stereocenters. The zero-order valence-electron chi connectivity index (χ0n) is 37.1. The summed E-state index contributed by atoms with van der Waals surface area (Å²) >= 11 is 0. The van der Waals surface area contributed by atoms with Gasteiger partial charge in [0.1, 0.15) is 34.5 Å². The van der Waals surface area contributed by atoms with Crippen molar-refractivity contribution in [3.05, 3.63) is 204 Å². The summed E-state index contributed by atoms with van der Waals surface area (Å²) in [6.45, 7) is 14.8. The van der Waals surface area contributed by atoms with Crippen LogP contribution in [0.25, 0.3) is 0 Å². The highest BCUT2D eigenvalue weighted by molar-refractivity contribution is 7.55. The van der Waals surface area contributed by atoms with Crippen LogP contribution in [-0.2, 0) is 37.0 Å². The van der Waals surface area contributed by atoms with E-state index in [2.05, 4.69) is 27.0 Å². The van der Waals surface area contributed by atoms with Crippen LogP contribution < -0.4 is 27.6 Å². The highest BCUT2D eigenvalue weighted by Crippen LogP contribution is 2.51. The van der Waals surface area contributed by atoms with E-state index in [1.807, 2.05) is 48.5 Å². The van der Waals surface area contributed by atoms with E-state index < -0.39 is 32.5 Å². The third kappa shape index (κ3) is 13.7. The molecule has 0 unspecified atom stereocenters. The van der Waals surface area contributed by atoms with E-state index in [9.17, 15) is 18.7 Å². The maximum Gasteiger partial charge on any atom is 0.430 e. The fourth-order valence-corrected chi connectivity index (χ4v) is 10.1. The third-order valence-electron chi connectivity index (χ3n) is 10.4. The van der Waals surface area contributed by atoms with Crippen LogP contribution in [0.4, 0.5) is 0 Å². The van der Waals surface area contributed by atoms with E-state index in [1.54, 1.807) is 123 Å². The Hall–Kier alpha value is -6.60. The van der Waals surface area contributed by atoms with E-state index in [0.29, 0.717) is 71.3 Å². The Bertz CT molecular complexity index is 2410. The smallest absolute Gasteiger partial charge is 0.423 e. The molecule has 0 radical (unpaired) electrons. The standard InChI is InChI=1S/C53H54O10P2/c1-39(2)51(54)58-49-33-31-43(37-41(49)21-19-35-64(56,60-45-23-11-7-12-24-45)61-46-25-13-8-14-26-46)53(5,6)44-32-34-50(59-52(55)40(3)4)42(38-44)22-20-36-65(57,62-47-27-15-9-16-28-47)63-48-29-17-10-18-30-48/h7-18,23-34,37-38H,1,3,19-22,35-36H2,2,4-6H3. The van der Waals surface area contributed by atoms with Gasteiger partial charge in [-0.1, -0.05) is 124 Å². The molecule has 0 aromatic heterocycles. The lowest BCUT2D eigenvalue weighted by Crippen LogP contribution is -2.20. The molecule has 0 amide bonds. The van der Waals surface area contributed by atoms with Crippen LogP contribution in [0.1, 0.15) is 62.8 Å². The Labute approximate surface area is 381 Å². The monoisotopic (exact) mass is 912 g/mol. The van der Waals surface area contributed by atoms with Gasteiger partial charge in [0.25, 0.3) is 0 Å². The average Bonchev–Trinajstić information content (AvgIpc) is 3.28. The first kappa shape index (κ1) is 47.9. The summed E-state index contributed by atoms with van der Waals surface area (Å²) in [5.74, 6) is 1.24. The molecule has 0 spiro atoms. The second kappa shape index (κ2) is 21.9. The van der Waals surface area contributed by atoms with Crippen LogP contribution >= 0.6 is 15.2 Å². The third-order valence-corrected chi connectivity index (χ3v) is 14.1. The summed E-state index contributed by atoms with van der Waals surface area (Å²) in [6.07, 6.45) is 1.56. The molecule has 65 heavy (non-hydrogen) atoms. The summed E-state index contributed by atoms with van der Waals surface area (Å²) in [6, 6.07) is 46.8. The molecule has 6 aromatic carbocycles. The van der Waals surface area contributed by atoms with E-state index in [0.717, 1.165) is 11.1 Å². The van der Waals surface area contributed by atoms with Gasteiger partial charge in [0.05, 0.1) is 12.3 Å². The first-order valence-corrected chi connectivity index (χ1v) is 24.8. The van der Waals surface area contributed by atoms with Crippen molar-refractivity contribution < 1.29 is 46.3 Å². The van der Waals surface area contributed by atoms with Gasteiger partial charge >= 0.3 is 27.1 Å². The zero-order chi connectivity index (χ0) is 46.5. The molecular formula is C53H54O10P2. The van der Waals surface area contributed by atoms with Crippen molar-refractivity contribution in [3.8, 4) is 34.5 Å². The van der Waals surface area contributed by atoms with Crippen LogP contribution in [0, 0.1) is 0 Å². The number of rotatable bonds is 22. The van der Waals surface area contributed by atoms with Crippen LogP contribution in [0.2, 0.25) is 0 Å². The van der Waals surface area contributed by atoms with Crippen LogP contribution in [0.3, 0.4) is 0 Å². The maximum atomic E-state index is 14.4. The molecule has 0 aliphatic carbocycles. The minimum atomic E-state index is -3.73. The molecule has 0 bridgehead atoms. The van der Waals surface area contributed by atoms with Gasteiger partial charge in [-0.2, -0.15) is 0 Å². The van der Waals surface area contributed by atoms with Crippen molar-refractivity contribution in [2.24, 2.45) is 0 Å². The van der Waals surface area contributed by atoms with Gasteiger partial charge in [-0.25, -0.2) is 18.7 Å². The molecule has 6 aromatic rings. The number of ether oxygens (including phenoxy) is 2. The Morgan fingerprint density at radius 2 is 0.769 bits per heavy atom. The van der Waals surface area contributed by atoms with Crippen molar-refractivity contribution in [2.75, 3.05) is 12.3 Å². The molecule has 0 saturated heterocycles. The van der Waals surface area contributed by atoms with Crippen molar-refractivity contribution in [1.82, 2.24) is 0 Å². The van der Waals surface area contributed by atoms with Crippen LogP contribution in [0.5, 0.6) is 34.5 Å². The number of hydrogen-bond acceptors (Lipinski definition) is 10. The lowest BCUT2D eigenvalue weighted by Gasteiger charge is -2.28. The number of aryl methyl sites for hydroxylation is 2. The fraction of sp³-hybridized carbons (Fsp3) is 0.208. The normalized spacial score (nSPS) is 11.5. The zero-order valence-corrected chi connectivity index (χ0v) is 38.9. The molecule has 0 aliphatic rings. The molecule has 10 nitrogen and oxygen atoms in total. The molecule has 12 heteroatoms. The topological polar surface area (TPSA) is 124 Å². The lowest BCUT2D eigenvalue weighted by atomic mass is 9.76. The lowest BCUT2D eigenvalue weighted by molar-refractivity contribution is -0.131. The number of carbonyl (C=O) groups excluding carboxylic acids is 2. The predicted octanol–water partition coefficient (Wildman–Crippen LogP) is 13.5. The number of esters is 2. The molecular weight excluding hydrogens is 859 g/mol. The molecule has 0 heterocycles. The fourth-order valence-electron chi connectivity index (χ4n) is 6.78. The Balaban J connectivity index is 1.28. The van der Waals surface area contributed by atoms with Gasteiger partial charge in [0.2, 0.25) is 0 Å². The summed E-state index contributed by atoms with van der Waals surface area (Å²) in [5, 5.41) is 0. The molecule has 0 N–H and O–H groups in total. The van der Waals surface area contributed by atoms with Gasteiger partial charge in [-0.15, -0.1) is 0 Å². The number of hydrogen-bond donors (Lipinski definition) is 0. The SMILES string of the molecule is C=C(C)C(=O)Oc1ccc(C(C)(C)c2ccc(OC(=O)C(=C)C)c(CCCP(=O)(Oc3ccccc3)Oc3ccccc3)c2)cc1CCCP(=O)(Oc1ccccc1)Oc1ccccc1. The van der Waals surface area contributed by atoms with Gasteiger partial charge in [0.15, 0.2) is 0 Å². The molecule has 336 valence electrons. The van der Waals surface area contributed by atoms with E-state index in [4.69, 9.17) is 27.6 Å². The second-order valence-corrected chi connectivity index (χ2v) is 20.2. The highest BCUT2D eigenvalue weighted by atomic mass is 31.2. The quantitative estimate of drug-likeness (QED) is 0.0281. The maximum absolute atomic E-state index is 14.4. The second-order valence-electron chi connectivity index (χ2n) is 16.1. The number of carbonyl (C=O) groups is 2. The average molecular weight is 913 g/mol. The van der Waals surface area contributed by atoms with Gasteiger partial charge < -0.3 is 27.6 Å². The largest absolute Gasteiger partial charge is 0.430 e. The Kier molecular flexibility index (Phi) is 16.1. The first-order valence-electron chi connectivity index (χ1n) is 21.3. The van der Waals surface area contributed by atoms with Crippen molar-refractivity contribution in [2.45, 2.75) is 58.8 Å². The minimum Gasteiger partial charge on any atom is -0.423 e. The highest BCUT2D eigenvalue weighted by Gasteiger charge is 2.31. The minimum absolute atomic E-state index is 0.0612. The first-order chi connectivity index (χ1) is 31.1. The van der Waals surface area contributed by atoms with Crippen molar-refractivity contribution in [3.63, 3.8) is 0 Å². The van der Waals surface area contributed by atoms with Crippen molar-refractivity contribution in [1.29, 1.82) is 0 Å². The van der Waals surface area contributed by atoms with E-state index in [1.165, 1.54) is 0 Å². The summed E-state index contributed by atoms with van der Waals surface area (Å²) in [4.78, 5) is 25.7. The molecule has 0 saturated carbocycles. The van der Waals surface area contributed by atoms with Crippen LogP contribution in [-0.4, -0.2) is 24.3 Å². The van der Waals surface area contributed by atoms with Gasteiger partial charge in [0, 0.05) is 16.6 Å². The summed E-state index contributed by atoms with van der Waals surface area (Å²) < 4.78 is 64.5. The Morgan fingerprint density at radius 3 is 1.05 bits per heavy atom. The van der Waals surface area contributed by atoms with Gasteiger partial charge in [-0.05, 0) is 122 Å². The molecule has 6 rings (SSSR count). The summed E-state index contributed by atoms with van der Waals surface area (Å²) in [7, 11) is -7.46. The Morgan fingerprint density at radius 1 is 0.477 bits per heavy atom.